The molecule has 0 bridgehead atoms. The van der Waals surface area contributed by atoms with E-state index in [0.29, 0.717) is 24.0 Å². The number of nitrogens with zero attached hydrogens (tertiary/aromatic N) is 1. The molecule has 29 heavy (non-hydrogen) atoms. The Kier molecular flexibility index (Phi) is 12.8. The molecule has 0 spiro atoms. The first-order valence-corrected chi connectivity index (χ1v) is 9.60. The summed E-state index contributed by atoms with van der Waals surface area (Å²) in [6, 6.07) is 3.72. The average Bonchev–Trinajstić information content (AvgIpc) is 3.25. The number of ether oxygens (including phenoxy) is 5. The Balaban J connectivity index is 0.00000420. The Morgan fingerprint density at radius 2 is 1.83 bits per heavy atom. The lowest BCUT2D eigenvalue weighted by Gasteiger charge is -2.16. The van der Waals surface area contributed by atoms with Crippen molar-refractivity contribution in [1.29, 1.82) is 0 Å². The van der Waals surface area contributed by atoms with Crippen LogP contribution in [0.2, 0.25) is 0 Å². The van der Waals surface area contributed by atoms with Gasteiger partial charge in [-0.05, 0) is 18.9 Å². The largest absolute Gasteiger partial charge is 0.496 e. The molecule has 1 aliphatic rings. The van der Waals surface area contributed by atoms with Crippen LogP contribution in [0.4, 0.5) is 0 Å². The van der Waals surface area contributed by atoms with E-state index in [2.05, 4.69) is 15.6 Å². The van der Waals surface area contributed by atoms with Gasteiger partial charge in [-0.25, -0.2) is 0 Å². The van der Waals surface area contributed by atoms with E-state index in [4.69, 9.17) is 23.7 Å². The van der Waals surface area contributed by atoms with Gasteiger partial charge in [-0.3, -0.25) is 4.99 Å². The zero-order valence-corrected chi connectivity index (χ0v) is 20.1. The van der Waals surface area contributed by atoms with Crippen LogP contribution in [0.15, 0.2) is 17.1 Å². The molecule has 1 fully saturated rings. The minimum Gasteiger partial charge on any atom is -0.496 e. The monoisotopic (exact) mass is 523 g/mol. The normalized spacial score (nSPS) is 16.1. The molecule has 1 aliphatic heterocycles. The van der Waals surface area contributed by atoms with Crippen molar-refractivity contribution in [2.75, 3.05) is 61.3 Å². The fourth-order valence-electron chi connectivity index (χ4n) is 2.98. The Morgan fingerprint density at radius 3 is 2.45 bits per heavy atom. The molecule has 1 heterocycles. The summed E-state index contributed by atoms with van der Waals surface area (Å²) in [6.07, 6.45) is 2.02. The van der Waals surface area contributed by atoms with Crippen LogP contribution < -0.4 is 24.8 Å². The minimum atomic E-state index is 0. The fourth-order valence-corrected chi connectivity index (χ4v) is 2.98. The van der Waals surface area contributed by atoms with Gasteiger partial charge in [-0.2, -0.15) is 0 Å². The first-order chi connectivity index (χ1) is 13.7. The molecule has 0 aromatic heterocycles. The van der Waals surface area contributed by atoms with E-state index in [9.17, 15) is 0 Å². The maximum Gasteiger partial charge on any atom is 0.191 e. The highest BCUT2D eigenvalue weighted by atomic mass is 127. The summed E-state index contributed by atoms with van der Waals surface area (Å²) >= 11 is 0. The molecule has 1 unspecified atom stereocenters. The summed E-state index contributed by atoms with van der Waals surface area (Å²) in [7, 11) is 6.60. The maximum atomic E-state index is 5.72. The molecule has 9 heteroatoms. The molecule has 0 aliphatic carbocycles. The van der Waals surface area contributed by atoms with Crippen LogP contribution in [-0.4, -0.2) is 67.3 Å². The van der Waals surface area contributed by atoms with Crippen LogP contribution in [0.5, 0.6) is 17.2 Å². The van der Waals surface area contributed by atoms with Gasteiger partial charge in [0.25, 0.3) is 0 Å². The van der Waals surface area contributed by atoms with Gasteiger partial charge in [-0.1, -0.05) is 0 Å². The van der Waals surface area contributed by atoms with Crippen LogP contribution in [0.25, 0.3) is 0 Å². The third kappa shape index (κ3) is 8.43. The predicted molar refractivity (Wildman–Crippen MR) is 124 cm³/mol. The van der Waals surface area contributed by atoms with Gasteiger partial charge in [0, 0.05) is 50.9 Å². The maximum absolute atomic E-state index is 5.72. The van der Waals surface area contributed by atoms with E-state index in [1.807, 2.05) is 12.1 Å². The lowest BCUT2D eigenvalue weighted by Crippen LogP contribution is -2.37. The van der Waals surface area contributed by atoms with Crippen molar-refractivity contribution in [2.45, 2.75) is 19.4 Å². The van der Waals surface area contributed by atoms with Crippen molar-refractivity contribution in [1.82, 2.24) is 10.6 Å². The van der Waals surface area contributed by atoms with Crippen molar-refractivity contribution in [3.05, 3.63) is 17.7 Å². The Morgan fingerprint density at radius 1 is 1.10 bits per heavy atom. The van der Waals surface area contributed by atoms with E-state index < -0.39 is 0 Å². The van der Waals surface area contributed by atoms with Gasteiger partial charge >= 0.3 is 0 Å². The van der Waals surface area contributed by atoms with E-state index in [1.165, 1.54) is 0 Å². The molecule has 8 nitrogen and oxygen atoms in total. The van der Waals surface area contributed by atoms with Crippen molar-refractivity contribution in [2.24, 2.45) is 10.9 Å². The Hall–Kier alpha value is -1.46. The lowest BCUT2D eigenvalue weighted by molar-refractivity contribution is 0.0888. The fraction of sp³-hybridized carbons (Fsp3) is 0.650. The van der Waals surface area contributed by atoms with Crippen molar-refractivity contribution >= 4 is 29.9 Å². The first-order valence-electron chi connectivity index (χ1n) is 9.60. The Bertz CT molecular complexity index is 624. The second-order valence-corrected chi connectivity index (χ2v) is 6.53. The number of hydrogen-bond donors (Lipinski definition) is 2. The highest BCUT2D eigenvalue weighted by Gasteiger charge is 2.15. The molecule has 1 saturated heterocycles. The molecule has 1 aromatic carbocycles. The van der Waals surface area contributed by atoms with E-state index in [-0.39, 0.29) is 24.0 Å². The molecule has 1 atom stereocenters. The minimum absolute atomic E-state index is 0. The molecule has 1 aromatic rings. The predicted octanol–water partition coefficient (Wildman–Crippen LogP) is 2.44. The van der Waals surface area contributed by atoms with Crippen LogP contribution in [-0.2, 0) is 16.0 Å². The van der Waals surface area contributed by atoms with Gasteiger partial charge in [0.2, 0.25) is 0 Å². The third-order valence-electron chi connectivity index (χ3n) is 4.59. The lowest BCUT2D eigenvalue weighted by atomic mass is 10.1. The third-order valence-corrected chi connectivity index (χ3v) is 4.59. The highest BCUT2D eigenvalue weighted by Crippen LogP contribution is 2.34. The zero-order valence-electron chi connectivity index (χ0n) is 17.8. The van der Waals surface area contributed by atoms with Crippen LogP contribution in [0.3, 0.4) is 0 Å². The van der Waals surface area contributed by atoms with E-state index in [0.717, 1.165) is 63.1 Å². The number of hydrogen-bond acceptors (Lipinski definition) is 6. The van der Waals surface area contributed by atoms with Gasteiger partial charge in [0.05, 0.1) is 34.5 Å². The highest BCUT2D eigenvalue weighted by molar-refractivity contribution is 14.0. The smallest absolute Gasteiger partial charge is 0.191 e. The summed E-state index contributed by atoms with van der Waals surface area (Å²) in [5.74, 6) is 3.30. The molecule has 0 radical (unpaired) electrons. The quantitative estimate of drug-likeness (QED) is 0.200. The SMILES string of the molecule is CN=C(NCCCOCC1CCOC1)NCc1cc(OC)c(OC)cc1OC.I. The number of guanidine groups is 1. The molecule has 0 saturated carbocycles. The van der Waals surface area contributed by atoms with E-state index >= 15 is 0 Å². The average molecular weight is 523 g/mol. The number of nitrogens with one attached hydrogen (secondary N) is 2. The molecule has 2 rings (SSSR count). The van der Waals surface area contributed by atoms with Gasteiger partial charge < -0.3 is 34.3 Å². The van der Waals surface area contributed by atoms with Crippen LogP contribution >= 0.6 is 24.0 Å². The molecule has 2 N–H and O–H groups in total. The first kappa shape index (κ1) is 25.6. The summed E-state index contributed by atoms with van der Waals surface area (Å²) in [5.41, 5.74) is 0.949. The number of benzene rings is 1. The summed E-state index contributed by atoms with van der Waals surface area (Å²) < 4.78 is 27.2. The number of methoxy groups -OCH3 is 3. The number of halogens is 1. The zero-order chi connectivity index (χ0) is 20.2. The van der Waals surface area contributed by atoms with Gasteiger partial charge in [0.1, 0.15) is 5.75 Å². The molecule has 0 amide bonds. The standard InChI is InChI=1S/C20H33N3O5.HI/c1-21-20(22-7-5-8-27-13-15-6-9-28-14-15)23-12-16-10-18(25-3)19(26-4)11-17(16)24-2;/h10-11,15H,5-9,12-14H2,1-4H3,(H2,21,22,23);1H. The number of aliphatic imine (C=N–C) groups is 1. The molecule has 166 valence electrons. The topological polar surface area (TPSA) is 82.6 Å². The van der Waals surface area contributed by atoms with Crippen LogP contribution in [0, 0.1) is 5.92 Å². The van der Waals surface area contributed by atoms with Crippen molar-refractivity contribution < 1.29 is 23.7 Å². The van der Waals surface area contributed by atoms with Gasteiger partial charge in [-0.15, -0.1) is 24.0 Å². The summed E-state index contributed by atoms with van der Waals surface area (Å²) in [5, 5.41) is 6.58. The molecular formula is C20H34IN3O5. The Labute approximate surface area is 190 Å². The van der Waals surface area contributed by atoms with E-state index in [1.54, 1.807) is 28.4 Å². The summed E-state index contributed by atoms with van der Waals surface area (Å²) in [6.45, 7) is 4.53. The van der Waals surface area contributed by atoms with Gasteiger partial charge in [0.15, 0.2) is 17.5 Å². The van der Waals surface area contributed by atoms with Crippen molar-refractivity contribution in [3.63, 3.8) is 0 Å². The second kappa shape index (κ2) is 14.5. The van der Waals surface area contributed by atoms with Crippen molar-refractivity contribution in [3.8, 4) is 17.2 Å². The summed E-state index contributed by atoms with van der Waals surface area (Å²) in [4.78, 5) is 4.26. The number of rotatable bonds is 11. The van der Waals surface area contributed by atoms with Crippen LogP contribution in [0.1, 0.15) is 18.4 Å². The molecular weight excluding hydrogens is 489 g/mol. The second-order valence-electron chi connectivity index (χ2n) is 6.53.